The third-order valence-corrected chi connectivity index (χ3v) is 6.94. The Morgan fingerprint density at radius 2 is 1.73 bits per heavy atom. The number of carbonyl (C=O) groups excluding carboxylic acids is 3. The SMILES string of the molecule is CC(=O)N(CCC(=O)N[C@H](Cc1ccc2ccccc2c1)C(=O)NCC(O)CN)C1CCCCCC1.Cl. The van der Waals surface area contributed by atoms with E-state index in [1.54, 1.807) is 6.92 Å². The molecule has 1 unspecified atom stereocenters. The maximum absolute atomic E-state index is 13.0. The van der Waals surface area contributed by atoms with Crippen LogP contribution in [0.3, 0.4) is 0 Å². The molecule has 0 aliphatic heterocycles. The molecule has 1 aliphatic rings. The van der Waals surface area contributed by atoms with Crippen LogP contribution in [0.1, 0.15) is 57.4 Å². The van der Waals surface area contributed by atoms with Crippen LogP contribution in [0.2, 0.25) is 0 Å². The first-order valence-corrected chi connectivity index (χ1v) is 13.1. The van der Waals surface area contributed by atoms with Crippen LogP contribution in [0, 0.1) is 0 Å². The van der Waals surface area contributed by atoms with E-state index in [2.05, 4.69) is 10.6 Å². The Balaban J connectivity index is 0.00000481. The minimum atomic E-state index is -0.852. The number of hydrogen-bond acceptors (Lipinski definition) is 5. The second-order valence-electron chi connectivity index (χ2n) is 9.75. The molecule has 3 rings (SSSR count). The van der Waals surface area contributed by atoms with Crippen molar-refractivity contribution in [2.24, 2.45) is 5.73 Å². The summed E-state index contributed by atoms with van der Waals surface area (Å²) in [5.74, 6) is -0.678. The van der Waals surface area contributed by atoms with Gasteiger partial charge in [0.2, 0.25) is 17.7 Å². The number of amides is 3. The number of aliphatic hydroxyl groups is 1. The van der Waals surface area contributed by atoms with Crippen LogP contribution >= 0.6 is 12.4 Å². The van der Waals surface area contributed by atoms with Gasteiger partial charge in [-0.25, -0.2) is 0 Å². The minimum Gasteiger partial charge on any atom is -0.390 e. The van der Waals surface area contributed by atoms with E-state index in [1.807, 2.05) is 47.4 Å². The monoisotopic (exact) mass is 532 g/mol. The second kappa shape index (κ2) is 15.5. The standard InChI is InChI=1S/C28H40N4O4.ClH/c1-20(33)32(24-10-4-2-3-5-11-24)15-14-27(35)31-26(28(36)30-19-25(34)18-29)17-21-12-13-22-8-6-7-9-23(22)16-21;/h6-9,12-13,16,24-26,34H,2-5,10-11,14-15,17-19,29H2,1H3,(H,30,36)(H,31,35);1H/t25?,26-;/m1./s1. The Bertz CT molecular complexity index is 1030. The van der Waals surface area contributed by atoms with E-state index in [1.165, 1.54) is 12.8 Å². The highest BCUT2D eigenvalue weighted by Crippen LogP contribution is 2.22. The number of halogens is 1. The number of nitrogens with zero attached hydrogens (tertiary/aromatic N) is 1. The molecule has 1 fully saturated rings. The molecule has 9 heteroatoms. The van der Waals surface area contributed by atoms with Gasteiger partial charge in [0, 0.05) is 45.4 Å². The van der Waals surface area contributed by atoms with Crippen molar-refractivity contribution >= 4 is 40.9 Å². The lowest BCUT2D eigenvalue weighted by Gasteiger charge is -2.30. The smallest absolute Gasteiger partial charge is 0.243 e. The third-order valence-electron chi connectivity index (χ3n) is 6.94. The first-order chi connectivity index (χ1) is 17.4. The van der Waals surface area contributed by atoms with E-state index in [0.29, 0.717) is 13.0 Å². The minimum absolute atomic E-state index is 0. The molecule has 2 aromatic rings. The zero-order valence-corrected chi connectivity index (χ0v) is 22.5. The number of nitrogens with one attached hydrogen (secondary N) is 2. The molecule has 0 heterocycles. The van der Waals surface area contributed by atoms with Gasteiger partial charge in [-0.1, -0.05) is 68.1 Å². The molecule has 8 nitrogen and oxygen atoms in total. The Morgan fingerprint density at radius 3 is 2.38 bits per heavy atom. The summed E-state index contributed by atoms with van der Waals surface area (Å²) in [5.41, 5.74) is 6.37. The third kappa shape index (κ3) is 9.61. The largest absolute Gasteiger partial charge is 0.390 e. The molecule has 0 saturated heterocycles. The van der Waals surface area contributed by atoms with Gasteiger partial charge in [0.25, 0.3) is 0 Å². The molecule has 5 N–H and O–H groups in total. The normalized spacial score (nSPS) is 15.6. The average molecular weight is 533 g/mol. The maximum atomic E-state index is 13.0. The molecular weight excluding hydrogens is 492 g/mol. The highest BCUT2D eigenvalue weighted by Gasteiger charge is 2.25. The summed E-state index contributed by atoms with van der Waals surface area (Å²) < 4.78 is 0. The van der Waals surface area contributed by atoms with Crippen LogP contribution in [-0.4, -0.2) is 65.5 Å². The van der Waals surface area contributed by atoms with Gasteiger partial charge in [-0.2, -0.15) is 0 Å². The van der Waals surface area contributed by atoms with Crippen LogP contribution in [-0.2, 0) is 20.8 Å². The average Bonchev–Trinajstić information content (AvgIpc) is 3.16. The predicted molar refractivity (Wildman–Crippen MR) is 148 cm³/mol. The number of nitrogens with two attached hydrogens (primary N) is 1. The molecule has 0 bridgehead atoms. The van der Waals surface area contributed by atoms with Crippen molar-refractivity contribution in [1.29, 1.82) is 0 Å². The first kappa shape index (κ1) is 30.5. The number of carbonyl (C=O) groups is 3. The molecular formula is C28H41ClN4O4. The van der Waals surface area contributed by atoms with Crippen molar-refractivity contribution in [2.75, 3.05) is 19.6 Å². The Morgan fingerprint density at radius 1 is 1.05 bits per heavy atom. The lowest BCUT2D eigenvalue weighted by atomic mass is 10.0. The maximum Gasteiger partial charge on any atom is 0.243 e. The molecule has 1 saturated carbocycles. The van der Waals surface area contributed by atoms with Gasteiger partial charge in [0.1, 0.15) is 6.04 Å². The molecule has 0 radical (unpaired) electrons. The lowest BCUT2D eigenvalue weighted by molar-refractivity contribution is -0.133. The fraction of sp³-hybridized carbons (Fsp3) is 0.536. The van der Waals surface area contributed by atoms with E-state index < -0.39 is 12.1 Å². The van der Waals surface area contributed by atoms with Gasteiger partial charge in [-0.15, -0.1) is 12.4 Å². The fourth-order valence-corrected chi connectivity index (χ4v) is 4.89. The number of rotatable bonds is 11. The summed E-state index contributed by atoms with van der Waals surface area (Å²) in [5, 5.41) is 17.5. The first-order valence-electron chi connectivity index (χ1n) is 13.1. The molecule has 1 aliphatic carbocycles. The highest BCUT2D eigenvalue weighted by atomic mass is 35.5. The van der Waals surface area contributed by atoms with Crippen LogP contribution in [0.5, 0.6) is 0 Å². The van der Waals surface area contributed by atoms with E-state index in [-0.39, 0.29) is 55.7 Å². The summed E-state index contributed by atoms with van der Waals surface area (Å²) in [6, 6.07) is 13.3. The second-order valence-corrected chi connectivity index (χ2v) is 9.75. The molecule has 0 aromatic heterocycles. The molecule has 0 spiro atoms. The van der Waals surface area contributed by atoms with E-state index in [9.17, 15) is 19.5 Å². The van der Waals surface area contributed by atoms with Gasteiger partial charge in [0.15, 0.2) is 0 Å². The number of benzene rings is 2. The zero-order chi connectivity index (χ0) is 25.9. The van der Waals surface area contributed by atoms with Crippen molar-refractivity contribution in [3.63, 3.8) is 0 Å². The lowest BCUT2D eigenvalue weighted by Crippen LogP contribution is -2.50. The Labute approximate surface area is 225 Å². The van der Waals surface area contributed by atoms with E-state index in [0.717, 1.165) is 42.0 Å². The van der Waals surface area contributed by atoms with Gasteiger partial charge in [0.05, 0.1) is 6.10 Å². The summed E-state index contributed by atoms with van der Waals surface area (Å²) in [6.07, 6.45) is 6.10. The highest BCUT2D eigenvalue weighted by molar-refractivity contribution is 5.88. The topological polar surface area (TPSA) is 125 Å². The van der Waals surface area contributed by atoms with E-state index in [4.69, 9.17) is 5.73 Å². The molecule has 2 aromatic carbocycles. The van der Waals surface area contributed by atoms with E-state index >= 15 is 0 Å². The van der Waals surface area contributed by atoms with Gasteiger partial charge < -0.3 is 26.4 Å². The van der Waals surface area contributed by atoms with Crippen molar-refractivity contribution in [3.8, 4) is 0 Å². The number of fused-ring (bicyclic) bond motifs is 1. The van der Waals surface area contributed by atoms with Crippen molar-refractivity contribution in [1.82, 2.24) is 15.5 Å². The summed E-state index contributed by atoms with van der Waals surface area (Å²) in [7, 11) is 0. The Kier molecular flexibility index (Phi) is 12.8. The number of aliphatic hydroxyl groups excluding tert-OH is 1. The predicted octanol–water partition coefficient (Wildman–Crippen LogP) is 2.69. The Hall–Kier alpha value is -2.68. The van der Waals surface area contributed by atoms with Gasteiger partial charge >= 0.3 is 0 Å². The summed E-state index contributed by atoms with van der Waals surface area (Å²) in [6.45, 7) is 1.94. The molecule has 204 valence electrons. The molecule has 3 amide bonds. The van der Waals surface area contributed by atoms with Crippen molar-refractivity contribution in [2.45, 2.75) is 76.5 Å². The van der Waals surface area contributed by atoms with Crippen LogP contribution in [0.4, 0.5) is 0 Å². The zero-order valence-electron chi connectivity index (χ0n) is 21.7. The quantitative estimate of drug-likeness (QED) is 0.331. The molecule has 37 heavy (non-hydrogen) atoms. The van der Waals surface area contributed by atoms with Crippen LogP contribution in [0.15, 0.2) is 42.5 Å². The summed E-state index contributed by atoms with van der Waals surface area (Å²) >= 11 is 0. The number of hydrogen-bond donors (Lipinski definition) is 4. The van der Waals surface area contributed by atoms with Crippen LogP contribution < -0.4 is 16.4 Å². The van der Waals surface area contributed by atoms with Gasteiger partial charge in [-0.05, 0) is 29.2 Å². The summed E-state index contributed by atoms with van der Waals surface area (Å²) in [4.78, 5) is 40.0. The van der Waals surface area contributed by atoms with Crippen molar-refractivity contribution < 1.29 is 19.5 Å². The van der Waals surface area contributed by atoms with Crippen LogP contribution in [0.25, 0.3) is 10.8 Å². The molecule has 2 atom stereocenters. The van der Waals surface area contributed by atoms with Gasteiger partial charge in [-0.3, -0.25) is 14.4 Å². The fourth-order valence-electron chi connectivity index (χ4n) is 4.89. The van der Waals surface area contributed by atoms with Crippen molar-refractivity contribution in [3.05, 3.63) is 48.0 Å².